The van der Waals surface area contributed by atoms with E-state index in [1.807, 2.05) is 6.08 Å². The second-order valence-electron chi connectivity index (χ2n) is 4.47. The van der Waals surface area contributed by atoms with E-state index in [1.54, 1.807) is 0 Å². The first kappa shape index (κ1) is 11.8. The van der Waals surface area contributed by atoms with Gasteiger partial charge in [-0.1, -0.05) is 38.2 Å². The third kappa shape index (κ3) is 5.43. The van der Waals surface area contributed by atoms with Crippen LogP contribution in [-0.2, 0) is 0 Å². The molecule has 0 saturated heterocycles. The average Bonchev–Trinajstić information content (AvgIpc) is 2.25. The molecule has 1 N–H and O–H groups in total. The molecule has 14 heavy (non-hydrogen) atoms. The smallest absolute Gasteiger partial charge is 0.00144 e. The Balaban J connectivity index is 1.85. The number of hydrogen-bond donors (Lipinski definition) is 1. The summed E-state index contributed by atoms with van der Waals surface area (Å²) in [6.07, 6.45) is 13.3. The molecule has 1 aliphatic carbocycles. The second-order valence-corrected chi connectivity index (χ2v) is 4.47. The van der Waals surface area contributed by atoms with Gasteiger partial charge in [-0.25, -0.2) is 0 Å². The maximum Gasteiger partial charge on any atom is -0.00144 e. The van der Waals surface area contributed by atoms with E-state index in [9.17, 15) is 0 Å². The zero-order valence-electron chi connectivity index (χ0n) is 9.43. The summed E-state index contributed by atoms with van der Waals surface area (Å²) < 4.78 is 0. The number of rotatable bonds is 7. The first-order valence-electron chi connectivity index (χ1n) is 6.25. The van der Waals surface area contributed by atoms with Gasteiger partial charge in [-0.2, -0.15) is 0 Å². The first-order valence-corrected chi connectivity index (χ1v) is 6.25. The van der Waals surface area contributed by atoms with E-state index in [4.69, 9.17) is 0 Å². The van der Waals surface area contributed by atoms with E-state index in [1.165, 1.54) is 51.5 Å². The van der Waals surface area contributed by atoms with Crippen LogP contribution in [0.4, 0.5) is 0 Å². The Kier molecular flexibility index (Phi) is 6.77. The van der Waals surface area contributed by atoms with Crippen LogP contribution in [0, 0.1) is 5.92 Å². The van der Waals surface area contributed by atoms with Crippen molar-refractivity contribution in [2.24, 2.45) is 5.92 Å². The van der Waals surface area contributed by atoms with Crippen molar-refractivity contribution in [1.29, 1.82) is 0 Å². The van der Waals surface area contributed by atoms with Crippen LogP contribution in [-0.4, -0.2) is 13.1 Å². The van der Waals surface area contributed by atoms with Crippen molar-refractivity contribution in [3.05, 3.63) is 12.7 Å². The van der Waals surface area contributed by atoms with Crippen molar-refractivity contribution < 1.29 is 0 Å². The highest BCUT2D eigenvalue weighted by atomic mass is 14.8. The fraction of sp³-hybridized carbons (Fsp3) is 0.846. The molecule has 1 rings (SSSR count). The molecule has 0 atom stereocenters. The molecule has 0 bridgehead atoms. The monoisotopic (exact) mass is 195 g/mol. The van der Waals surface area contributed by atoms with Gasteiger partial charge in [0.2, 0.25) is 0 Å². The van der Waals surface area contributed by atoms with E-state index in [0.29, 0.717) is 0 Å². The summed E-state index contributed by atoms with van der Waals surface area (Å²) in [5, 5.41) is 3.45. The molecule has 1 aliphatic rings. The molecule has 0 aromatic rings. The quantitative estimate of drug-likeness (QED) is 0.484. The van der Waals surface area contributed by atoms with Crippen molar-refractivity contribution in [3.63, 3.8) is 0 Å². The standard InChI is InChI=1S/C13H25N/c1-2-3-11-14-12-7-10-13-8-5-4-6-9-13/h2,13-14H,1,3-12H2. The summed E-state index contributed by atoms with van der Waals surface area (Å²) in [5.74, 6) is 1.05. The number of nitrogens with one attached hydrogen (secondary N) is 1. The summed E-state index contributed by atoms with van der Waals surface area (Å²) in [6, 6.07) is 0. The van der Waals surface area contributed by atoms with Gasteiger partial charge in [0.1, 0.15) is 0 Å². The molecule has 0 amide bonds. The van der Waals surface area contributed by atoms with Gasteiger partial charge in [0, 0.05) is 0 Å². The molecule has 1 saturated carbocycles. The van der Waals surface area contributed by atoms with Gasteiger partial charge in [-0.3, -0.25) is 0 Å². The summed E-state index contributed by atoms with van der Waals surface area (Å²) in [7, 11) is 0. The Hall–Kier alpha value is -0.300. The lowest BCUT2D eigenvalue weighted by Crippen LogP contribution is -2.17. The van der Waals surface area contributed by atoms with Gasteiger partial charge in [-0.05, 0) is 38.3 Å². The maximum atomic E-state index is 3.71. The van der Waals surface area contributed by atoms with Crippen LogP contribution in [0.1, 0.15) is 51.4 Å². The van der Waals surface area contributed by atoms with Crippen LogP contribution < -0.4 is 5.32 Å². The first-order chi connectivity index (χ1) is 6.93. The third-order valence-electron chi connectivity index (χ3n) is 3.22. The predicted octanol–water partition coefficient (Wildman–Crippen LogP) is 3.51. The predicted molar refractivity (Wildman–Crippen MR) is 63.5 cm³/mol. The van der Waals surface area contributed by atoms with Crippen molar-refractivity contribution >= 4 is 0 Å². The highest BCUT2D eigenvalue weighted by molar-refractivity contribution is 4.68. The van der Waals surface area contributed by atoms with Crippen molar-refractivity contribution in [2.75, 3.05) is 13.1 Å². The Morgan fingerprint density at radius 2 is 1.93 bits per heavy atom. The maximum absolute atomic E-state index is 3.71. The molecular weight excluding hydrogens is 170 g/mol. The molecule has 82 valence electrons. The summed E-state index contributed by atoms with van der Waals surface area (Å²) >= 11 is 0. The van der Waals surface area contributed by atoms with Crippen LogP contribution in [0.2, 0.25) is 0 Å². The minimum absolute atomic E-state index is 1.05. The van der Waals surface area contributed by atoms with Crippen LogP contribution in [0.3, 0.4) is 0 Å². The Morgan fingerprint density at radius 3 is 2.64 bits per heavy atom. The zero-order chi connectivity index (χ0) is 10.1. The Morgan fingerprint density at radius 1 is 1.14 bits per heavy atom. The van der Waals surface area contributed by atoms with Crippen molar-refractivity contribution in [1.82, 2.24) is 5.32 Å². The largest absolute Gasteiger partial charge is 0.316 e. The topological polar surface area (TPSA) is 12.0 Å². The molecule has 0 radical (unpaired) electrons. The van der Waals surface area contributed by atoms with Crippen LogP contribution in [0.15, 0.2) is 12.7 Å². The van der Waals surface area contributed by atoms with Gasteiger partial charge < -0.3 is 5.32 Å². The van der Waals surface area contributed by atoms with Crippen LogP contribution in [0.5, 0.6) is 0 Å². The second kappa shape index (κ2) is 8.05. The molecule has 0 aromatic carbocycles. The van der Waals surface area contributed by atoms with Crippen molar-refractivity contribution in [3.8, 4) is 0 Å². The van der Waals surface area contributed by atoms with Gasteiger partial charge in [0.05, 0.1) is 0 Å². The normalized spacial score (nSPS) is 18.3. The van der Waals surface area contributed by atoms with E-state index < -0.39 is 0 Å². The molecule has 0 unspecified atom stereocenters. The van der Waals surface area contributed by atoms with E-state index in [2.05, 4.69) is 11.9 Å². The zero-order valence-corrected chi connectivity index (χ0v) is 9.43. The minimum Gasteiger partial charge on any atom is -0.316 e. The minimum atomic E-state index is 1.05. The Labute approximate surface area is 89.0 Å². The van der Waals surface area contributed by atoms with Crippen molar-refractivity contribution in [2.45, 2.75) is 51.4 Å². The lowest BCUT2D eigenvalue weighted by molar-refractivity contribution is 0.330. The molecule has 0 aliphatic heterocycles. The molecule has 0 heterocycles. The van der Waals surface area contributed by atoms with E-state index in [-0.39, 0.29) is 0 Å². The highest BCUT2D eigenvalue weighted by Gasteiger charge is 2.12. The summed E-state index contributed by atoms with van der Waals surface area (Å²) in [6.45, 7) is 6.02. The number of hydrogen-bond acceptors (Lipinski definition) is 1. The van der Waals surface area contributed by atoms with Gasteiger partial charge in [0.25, 0.3) is 0 Å². The average molecular weight is 195 g/mol. The van der Waals surface area contributed by atoms with Crippen LogP contribution in [0.25, 0.3) is 0 Å². The molecule has 1 nitrogen and oxygen atoms in total. The fourth-order valence-corrected chi connectivity index (χ4v) is 2.32. The summed E-state index contributed by atoms with van der Waals surface area (Å²) in [5.41, 5.74) is 0. The molecule has 0 spiro atoms. The lowest BCUT2D eigenvalue weighted by Gasteiger charge is -2.21. The SMILES string of the molecule is C=CCCNCCCC1CCCCC1. The fourth-order valence-electron chi connectivity index (χ4n) is 2.32. The van der Waals surface area contributed by atoms with Crippen LogP contribution >= 0.6 is 0 Å². The third-order valence-corrected chi connectivity index (χ3v) is 3.22. The Bertz CT molecular complexity index is 136. The molecule has 1 fully saturated rings. The molecule has 1 heteroatoms. The van der Waals surface area contributed by atoms with E-state index in [0.717, 1.165) is 18.9 Å². The lowest BCUT2D eigenvalue weighted by atomic mass is 9.86. The highest BCUT2D eigenvalue weighted by Crippen LogP contribution is 2.26. The molecule has 0 aromatic heterocycles. The summed E-state index contributed by atoms with van der Waals surface area (Å²) in [4.78, 5) is 0. The van der Waals surface area contributed by atoms with Gasteiger partial charge >= 0.3 is 0 Å². The van der Waals surface area contributed by atoms with Gasteiger partial charge in [-0.15, -0.1) is 6.58 Å². The van der Waals surface area contributed by atoms with E-state index >= 15 is 0 Å². The molecular formula is C13H25N. The van der Waals surface area contributed by atoms with Gasteiger partial charge in [0.15, 0.2) is 0 Å².